The lowest BCUT2D eigenvalue weighted by Gasteiger charge is -2.08. The zero-order valence-electron chi connectivity index (χ0n) is 12.9. The molecular formula is C18H16N2O2. The van der Waals surface area contributed by atoms with Gasteiger partial charge in [-0.05, 0) is 39.8 Å². The van der Waals surface area contributed by atoms with Gasteiger partial charge in [0.1, 0.15) is 23.3 Å². The van der Waals surface area contributed by atoms with E-state index in [1.54, 1.807) is 0 Å². The first-order valence-electron chi connectivity index (χ1n) is 6.55. The first-order valence-corrected chi connectivity index (χ1v) is 6.55. The summed E-state index contributed by atoms with van der Waals surface area (Å²) < 4.78 is 0. The van der Waals surface area contributed by atoms with E-state index in [2.05, 4.69) is 23.7 Å². The van der Waals surface area contributed by atoms with Gasteiger partial charge < -0.3 is 10.2 Å². The van der Waals surface area contributed by atoms with Gasteiger partial charge >= 0.3 is 0 Å². The van der Waals surface area contributed by atoms with E-state index in [1.165, 1.54) is 39.8 Å². The molecule has 4 nitrogen and oxygen atoms in total. The molecule has 0 saturated heterocycles. The van der Waals surface area contributed by atoms with Crippen LogP contribution in [0.4, 0.5) is 0 Å². The second kappa shape index (κ2) is 6.34. The molecule has 1 aromatic rings. The maximum Gasteiger partial charge on any atom is 0.120 e. The van der Waals surface area contributed by atoms with Gasteiger partial charge in [0.15, 0.2) is 0 Å². The molecule has 0 atom stereocenters. The lowest BCUT2D eigenvalue weighted by Crippen LogP contribution is -2.15. The maximum absolute atomic E-state index is 9.69. The second-order valence-electron chi connectivity index (χ2n) is 5.79. The molecule has 0 fully saturated rings. The quantitative estimate of drug-likeness (QED) is 0.712. The molecule has 0 aliphatic rings. The summed E-state index contributed by atoms with van der Waals surface area (Å²) in [7, 11) is 0. The van der Waals surface area contributed by atoms with Crippen molar-refractivity contribution >= 4 is 0 Å². The van der Waals surface area contributed by atoms with Crippen LogP contribution in [0, 0.1) is 46.3 Å². The van der Waals surface area contributed by atoms with Crippen LogP contribution in [0.3, 0.4) is 0 Å². The Hall–Kier alpha value is -2.76. The van der Waals surface area contributed by atoms with E-state index in [1.807, 2.05) is 12.1 Å². The van der Waals surface area contributed by atoms with Crippen LogP contribution in [0.2, 0.25) is 0 Å². The first kappa shape index (κ1) is 17.3. The molecular weight excluding hydrogens is 276 g/mol. The number of hydrogen-bond acceptors (Lipinski definition) is 4. The molecule has 0 radical (unpaired) electrons. The van der Waals surface area contributed by atoms with Crippen molar-refractivity contribution in [1.82, 2.24) is 0 Å². The molecule has 22 heavy (non-hydrogen) atoms. The Bertz CT molecular complexity index is 718. The predicted molar refractivity (Wildman–Crippen MR) is 82.2 cm³/mol. The highest BCUT2D eigenvalue weighted by Gasteiger charge is 2.11. The van der Waals surface area contributed by atoms with Gasteiger partial charge in [0.2, 0.25) is 0 Å². The van der Waals surface area contributed by atoms with E-state index in [9.17, 15) is 10.2 Å². The first-order chi connectivity index (χ1) is 10.1. The standard InChI is InChI=1S/C18H16N2O2/c1-17(2,21)7-5-13-9-15(11-19)16(12-20)10-14(13)6-8-18(3,4)22/h9-10,21-22H,1-4H3. The van der Waals surface area contributed by atoms with Gasteiger partial charge in [0.25, 0.3) is 0 Å². The van der Waals surface area contributed by atoms with Crippen molar-refractivity contribution < 1.29 is 10.2 Å². The molecule has 0 saturated carbocycles. The average Bonchev–Trinajstić information content (AvgIpc) is 2.40. The Kier molecular flexibility index (Phi) is 4.98. The third-order valence-electron chi connectivity index (χ3n) is 2.40. The zero-order chi connectivity index (χ0) is 17.0. The summed E-state index contributed by atoms with van der Waals surface area (Å²) in [6, 6.07) is 6.79. The fourth-order valence-electron chi connectivity index (χ4n) is 1.43. The molecule has 0 aliphatic heterocycles. The fraction of sp³-hybridized carbons (Fsp3) is 0.333. The summed E-state index contributed by atoms with van der Waals surface area (Å²) in [4.78, 5) is 0. The topological polar surface area (TPSA) is 88.0 Å². The Morgan fingerprint density at radius 2 is 1.05 bits per heavy atom. The van der Waals surface area contributed by atoms with Gasteiger partial charge in [-0.3, -0.25) is 0 Å². The van der Waals surface area contributed by atoms with Crippen molar-refractivity contribution in [3.05, 3.63) is 34.4 Å². The largest absolute Gasteiger partial charge is 0.378 e. The molecule has 0 heterocycles. The van der Waals surface area contributed by atoms with Gasteiger partial charge in [-0.1, -0.05) is 23.7 Å². The molecule has 0 aliphatic carbocycles. The third kappa shape index (κ3) is 5.32. The van der Waals surface area contributed by atoms with E-state index in [4.69, 9.17) is 10.5 Å². The van der Waals surface area contributed by atoms with Crippen LogP contribution in [-0.2, 0) is 0 Å². The summed E-state index contributed by atoms with van der Waals surface area (Å²) in [5, 5.41) is 37.5. The Morgan fingerprint density at radius 1 is 0.727 bits per heavy atom. The molecule has 1 aromatic carbocycles. The van der Waals surface area contributed by atoms with E-state index in [0.717, 1.165) is 0 Å². The van der Waals surface area contributed by atoms with Crippen LogP contribution in [0.15, 0.2) is 12.1 Å². The van der Waals surface area contributed by atoms with Crippen molar-refractivity contribution in [3.8, 4) is 35.8 Å². The minimum atomic E-state index is -1.19. The summed E-state index contributed by atoms with van der Waals surface area (Å²) in [6.07, 6.45) is 0. The minimum absolute atomic E-state index is 0.191. The summed E-state index contributed by atoms with van der Waals surface area (Å²) in [5.74, 6) is 10.8. The third-order valence-corrected chi connectivity index (χ3v) is 2.40. The van der Waals surface area contributed by atoms with Gasteiger partial charge in [-0.2, -0.15) is 10.5 Å². The Labute approximate surface area is 130 Å². The van der Waals surface area contributed by atoms with Crippen LogP contribution < -0.4 is 0 Å². The molecule has 1 rings (SSSR count). The Balaban J connectivity index is 3.57. The zero-order valence-corrected chi connectivity index (χ0v) is 12.9. The predicted octanol–water partition coefficient (Wildman–Crippen LogP) is 1.67. The van der Waals surface area contributed by atoms with Crippen LogP contribution in [0.1, 0.15) is 49.9 Å². The monoisotopic (exact) mass is 292 g/mol. The highest BCUT2D eigenvalue weighted by molar-refractivity contribution is 5.60. The number of aliphatic hydroxyl groups is 2. The number of nitrogens with zero attached hydrogens (tertiary/aromatic N) is 2. The van der Waals surface area contributed by atoms with E-state index in [0.29, 0.717) is 11.1 Å². The summed E-state index contributed by atoms with van der Waals surface area (Å²) >= 11 is 0. The molecule has 0 spiro atoms. The second-order valence-corrected chi connectivity index (χ2v) is 5.79. The number of nitriles is 2. The van der Waals surface area contributed by atoms with Crippen LogP contribution in [-0.4, -0.2) is 21.4 Å². The summed E-state index contributed by atoms with van der Waals surface area (Å²) in [5.41, 5.74) is -1.15. The number of benzene rings is 1. The molecule has 0 bridgehead atoms. The Morgan fingerprint density at radius 3 is 1.27 bits per heavy atom. The van der Waals surface area contributed by atoms with E-state index in [-0.39, 0.29) is 11.1 Å². The number of rotatable bonds is 0. The van der Waals surface area contributed by atoms with Crippen molar-refractivity contribution in [2.45, 2.75) is 38.9 Å². The van der Waals surface area contributed by atoms with Gasteiger partial charge in [0.05, 0.1) is 11.1 Å². The molecule has 2 N–H and O–H groups in total. The lowest BCUT2D eigenvalue weighted by atomic mass is 9.98. The number of hydrogen-bond donors (Lipinski definition) is 2. The van der Waals surface area contributed by atoms with Gasteiger partial charge in [0, 0.05) is 11.1 Å². The van der Waals surface area contributed by atoms with Crippen LogP contribution >= 0.6 is 0 Å². The van der Waals surface area contributed by atoms with Gasteiger partial charge in [-0.15, -0.1) is 0 Å². The van der Waals surface area contributed by atoms with E-state index >= 15 is 0 Å². The molecule has 0 amide bonds. The SMILES string of the molecule is CC(C)(O)C#Cc1cc(C#N)c(C#N)cc1C#CC(C)(C)O. The molecule has 4 heteroatoms. The molecule has 0 unspecified atom stereocenters. The average molecular weight is 292 g/mol. The van der Waals surface area contributed by atoms with Crippen molar-refractivity contribution in [2.75, 3.05) is 0 Å². The highest BCUT2D eigenvalue weighted by atomic mass is 16.3. The van der Waals surface area contributed by atoms with E-state index < -0.39 is 11.2 Å². The minimum Gasteiger partial charge on any atom is -0.378 e. The normalized spacial score (nSPS) is 10.4. The molecule has 110 valence electrons. The van der Waals surface area contributed by atoms with Crippen LogP contribution in [0.25, 0.3) is 0 Å². The maximum atomic E-state index is 9.69. The summed E-state index contributed by atoms with van der Waals surface area (Å²) in [6.45, 7) is 6.15. The molecule has 0 aromatic heterocycles. The van der Waals surface area contributed by atoms with Crippen molar-refractivity contribution in [2.24, 2.45) is 0 Å². The highest BCUT2D eigenvalue weighted by Crippen LogP contribution is 2.16. The van der Waals surface area contributed by atoms with Crippen LogP contribution in [0.5, 0.6) is 0 Å². The fourth-order valence-corrected chi connectivity index (χ4v) is 1.43. The van der Waals surface area contributed by atoms with Crippen molar-refractivity contribution in [3.63, 3.8) is 0 Å². The van der Waals surface area contributed by atoms with Crippen molar-refractivity contribution in [1.29, 1.82) is 10.5 Å². The van der Waals surface area contributed by atoms with Gasteiger partial charge in [-0.25, -0.2) is 0 Å². The smallest absolute Gasteiger partial charge is 0.120 e. The lowest BCUT2D eigenvalue weighted by molar-refractivity contribution is 0.143.